The first kappa shape index (κ1) is 17.9. The molecule has 0 spiro atoms. The maximum atomic E-state index is 12.4. The Balaban J connectivity index is 1.49. The molecule has 1 heterocycles. The fourth-order valence-corrected chi connectivity index (χ4v) is 3.23. The van der Waals surface area contributed by atoms with Crippen LogP contribution in [0.4, 0.5) is 0 Å². The maximum absolute atomic E-state index is 12.4. The maximum Gasteiger partial charge on any atom is 0.317 e. The van der Waals surface area contributed by atoms with Crippen LogP contribution >= 0.6 is 0 Å². The van der Waals surface area contributed by atoms with Crippen molar-refractivity contribution in [1.82, 2.24) is 20.0 Å². The van der Waals surface area contributed by atoms with Crippen LogP contribution in [0.1, 0.15) is 56.8 Å². The topological polar surface area (TPSA) is 87.5 Å². The van der Waals surface area contributed by atoms with Gasteiger partial charge in [-0.25, -0.2) is 0 Å². The first-order valence-electron chi connectivity index (χ1n) is 9.04. The number of carbonyl (C=O) groups is 2. The van der Waals surface area contributed by atoms with Gasteiger partial charge in [-0.15, -0.1) is 0 Å². The number of carbonyl (C=O) groups excluding carboxylic acids is 1. The Morgan fingerprint density at radius 1 is 1.36 bits per heavy atom. The molecule has 1 amide bonds. The third kappa shape index (κ3) is 4.60. The number of aromatic nitrogens is 2. The third-order valence-electron chi connectivity index (χ3n) is 5.02. The summed E-state index contributed by atoms with van der Waals surface area (Å²) in [6.07, 6.45) is 7.43. The van der Waals surface area contributed by atoms with Gasteiger partial charge in [0.05, 0.1) is 23.8 Å². The Hall–Kier alpha value is -1.89. The lowest BCUT2D eigenvalue weighted by atomic mass is 9.85. The molecule has 2 aliphatic rings. The van der Waals surface area contributed by atoms with Crippen LogP contribution < -0.4 is 5.32 Å². The third-order valence-corrected chi connectivity index (χ3v) is 5.02. The van der Waals surface area contributed by atoms with Crippen molar-refractivity contribution >= 4 is 11.9 Å². The second kappa shape index (κ2) is 6.78. The number of nitrogens with zero attached hydrogens (tertiary/aromatic N) is 3. The van der Waals surface area contributed by atoms with Crippen molar-refractivity contribution in [3.05, 3.63) is 18.0 Å². The van der Waals surface area contributed by atoms with Gasteiger partial charge in [-0.1, -0.05) is 0 Å². The van der Waals surface area contributed by atoms with E-state index in [9.17, 15) is 9.59 Å². The van der Waals surface area contributed by atoms with Gasteiger partial charge in [0.2, 0.25) is 0 Å². The molecule has 0 unspecified atom stereocenters. The highest BCUT2D eigenvalue weighted by Crippen LogP contribution is 2.33. The Labute approximate surface area is 148 Å². The second-order valence-corrected chi connectivity index (χ2v) is 8.41. The molecule has 2 fully saturated rings. The van der Waals surface area contributed by atoms with Gasteiger partial charge in [0, 0.05) is 24.8 Å². The minimum absolute atomic E-state index is 0.0974. The lowest BCUT2D eigenvalue weighted by Crippen LogP contribution is -2.55. The van der Waals surface area contributed by atoms with E-state index < -0.39 is 5.97 Å². The molecule has 0 radical (unpaired) electrons. The molecule has 2 saturated carbocycles. The quantitative estimate of drug-likeness (QED) is 0.783. The zero-order valence-corrected chi connectivity index (χ0v) is 15.2. The summed E-state index contributed by atoms with van der Waals surface area (Å²) in [5.74, 6) is -0.218. The van der Waals surface area contributed by atoms with Crippen LogP contribution in [0.15, 0.2) is 12.4 Å². The summed E-state index contributed by atoms with van der Waals surface area (Å²) < 4.78 is 1.79. The van der Waals surface area contributed by atoms with E-state index in [2.05, 4.69) is 15.3 Å². The number of carboxylic acid groups (broad SMARTS) is 1. The van der Waals surface area contributed by atoms with Gasteiger partial charge in [0.25, 0.3) is 5.91 Å². The molecule has 2 N–H and O–H groups in total. The molecular formula is C18H28N4O3. The zero-order chi connectivity index (χ0) is 18.2. The number of carboxylic acids is 1. The monoisotopic (exact) mass is 348 g/mol. The first-order chi connectivity index (χ1) is 11.7. The summed E-state index contributed by atoms with van der Waals surface area (Å²) >= 11 is 0. The predicted octanol–water partition coefficient (Wildman–Crippen LogP) is 1.70. The van der Waals surface area contributed by atoms with Crippen LogP contribution in [0, 0.1) is 5.92 Å². The molecule has 7 nitrogen and oxygen atoms in total. The van der Waals surface area contributed by atoms with Gasteiger partial charge in [-0.3, -0.25) is 19.2 Å². The van der Waals surface area contributed by atoms with Gasteiger partial charge in [0.1, 0.15) is 0 Å². The number of aliphatic carboxylic acids is 1. The predicted molar refractivity (Wildman–Crippen MR) is 93.4 cm³/mol. The van der Waals surface area contributed by atoms with Gasteiger partial charge < -0.3 is 10.4 Å². The average molecular weight is 348 g/mol. The lowest BCUT2D eigenvalue weighted by molar-refractivity contribution is -0.139. The molecule has 138 valence electrons. The van der Waals surface area contributed by atoms with Crippen LogP contribution in [-0.4, -0.2) is 56.8 Å². The molecule has 0 aliphatic heterocycles. The highest BCUT2D eigenvalue weighted by molar-refractivity contribution is 5.94. The highest BCUT2D eigenvalue weighted by atomic mass is 16.4. The molecule has 1 aromatic heterocycles. The zero-order valence-electron chi connectivity index (χ0n) is 15.2. The minimum Gasteiger partial charge on any atom is -0.480 e. The van der Waals surface area contributed by atoms with Crippen molar-refractivity contribution in [2.24, 2.45) is 5.92 Å². The van der Waals surface area contributed by atoms with Gasteiger partial charge in [-0.05, 0) is 52.4 Å². The molecule has 0 saturated heterocycles. The van der Waals surface area contributed by atoms with E-state index in [1.165, 1.54) is 12.8 Å². The van der Waals surface area contributed by atoms with Gasteiger partial charge in [0.15, 0.2) is 0 Å². The fraction of sp³-hybridized carbons (Fsp3) is 0.722. The lowest BCUT2D eigenvalue weighted by Gasteiger charge is -2.42. The largest absolute Gasteiger partial charge is 0.480 e. The minimum atomic E-state index is -0.775. The second-order valence-electron chi connectivity index (χ2n) is 8.41. The van der Waals surface area contributed by atoms with E-state index in [1.807, 2.05) is 20.8 Å². The summed E-state index contributed by atoms with van der Waals surface area (Å²) in [4.78, 5) is 25.5. The summed E-state index contributed by atoms with van der Waals surface area (Å²) in [5, 5.41) is 16.4. The smallest absolute Gasteiger partial charge is 0.317 e. The van der Waals surface area contributed by atoms with Gasteiger partial charge in [-0.2, -0.15) is 5.10 Å². The number of hydrogen-bond donors (Lipinski definition) is 2. The summed E-state index contributed by atoms with van der Waals surface area (Å²) in [6.45, 7) is 7.08. The standard InChI is InChI=1S/C18H28N4O3/c1-18(2,3)22-10-13(8-19-22)17(25)20-14-6-15(7-14)21(11-16(23)24)9-12-4-5-12/h8,10,12,14-15H,4-7,9,11H2,1-3H3,(H,20,25)(H,23,24). The Kier molecular flexibility index (Phi) is 4.86. The van der Waals surface area contributed by atoms with E-state index in [0.29, 0.717) is 11.5 Å². The summed E-state index contributed by atoms with van der Waals surface area (Å²) in [5.41, 5.74) is 0.416. The van der Waals surface area contributed by atoms with Crippen molar-refractivity contribution in [3.63, 3.8) is 0 Å². The molecule has 2 aliphatic carbocycles. The van der Waals surface area contributed by atoms with Gasteiger partial charge >= 0.3 is 5.97 Å². The molecular weight excluding hydrogens is 320 g/mol. The van der Waals surface area contributed by atoms with Crippen molar-refractivity contribution in [3.8, 4) is 0 Å². The number of rotatable bonds is 7. The van der Waals surface area contributed by atoms with Crippen LogP contribution in [-0.2, 0) is 10.3 Å². The van der Waals surface area contributed by atoms with E-state index in [0.717, 1.165) is 19.4 Å². The molecule has 3 rings (SSSR count). The van der Waals surface area contributed by atoms with Crippen molar-refractivity contribution in [2.45, 2.75) is 64.1 Å². The molecule has 0 aromatic carbocycles. The number of amides is 1. The number of hydrogen-bond acceptors (Lipinski definition) is 4. The van der Waals surface area contributed by atoms with Crippen LogP contribution in [0.2, 0.25) is 0 Å². The van der Waals surface area contributed by atoms with Crippen molar-refractivity contribution in [1.29, 1.82) is 0 Å². The summed E-state index contributed by atoms with van der Waals surface area (Å²) in [7, 11) is 0. The molecule has 25 heavy (non-hydrogen) atoms. The normalized spacial score (nSPS) is 23.4. The average Bonchev–Trinajstić information content (AvgIpc) is 3.11. The van der Waals surface area contributed by atoms with Crippen LogP contribution in [0.5, 0.6) is 0 Å². The van der Waals surface area contributed by atoms with Crippen LogP contribution in [0.25, 0.3) is 0 Å². The Bertz CT molecular complexity index is 639. The molecule has 0 bridgehead atoms. The van der Waals surface area contributed by atoms with E-state index >= 15 is 0 Å². The Morgan fingerprint density at radius 2 is 2.04 bits per heavy atom. The van der Waals surface area contributed by atoms with Crippen LogP contribution in [0.3, 0.4) is 0 Å². The van der Waals surface area contributed by atoms with E-state index in [-0.39, 0.29) is 30.1 Å². The molecule has 7 heteroatoms. The van der Waals surface area contributed by atoms with E-state index in [1.54, 1.807) is 17.1 Å². The summed E-state index contributed by atoms with van der Waals surface area (Å²) in [6, 6.07) is 0.380. The van der Waals surface area contributed by atoms with Crippen molar-refractivity contribution < 1.29 is 14.7 Å². The Morgan fingerprint density at radius 3 is 2.56 bits per heavy atom. The molecule has 1 aromatic rings. The highest BCUT2D eigenvalue weighted by Gasteiger charge is 2.37. The first-order valence-corrected chi connectivity index (χ1v) is 9.04. The van der Waals surface area contributed by atoms with Crippen molar-refractivity contribution in [2.75, 3.05) is 13.1 Å². The number of nitrogens with one attached hydrogen (secondary N) is 1. The van der Waals surface area contributed by atoms with E-state index in [4.69, 9.17) is 5.11 Å². The SMILES string of the molecule is CC(C)(C)n1cc(C(=O)NC2CC(N(CC(=O)O)CC3CC3)C2)cn1. The fourth-order valence-electron chi connectivity index (χ4n) is 3.23. The molecule has 0 atom stereocenters.